The van der Waals surface area contributed by atoms with Crippen molar-refractivity contribution in [2.75, 3.05) is 17.6 Å². The number of nitrogens with one attached hydrogen (secondary N) is 1. The summed E-state index contributed by atoms with van der Waals surface area (Å²) in [4.78, 5) is 24.0. The number of nitrogens with two attached hydrogens (primary N) is 3. The third-order valence-electron chi connectivity index (χ3n) is 2.65. The SMILES string of the molecule is NC(=O)c1sc(NCCc2cccs2)c(C(N)=O)c1N. The van der Waals surface area contributed by atoms with E-state index in [9.17, 15) is 9.59 Å². The van der Waals surface area contributed by atoms with E-state index in [4.69, 9.17) is 17.2 Å². The van der Waals surface area contributed by atoms with Gasteiger partial charge in [-0.1, -0.05) is 6.07 Å². The van der Waals surface area contributed by atoms with Gasteiger partial charge in [-0.15, -0.1) is 22.7 Å². The highest BCUT2D eigenvalue weighted by Gasteiger charge is 2.22. The molecule has 8 heteroatoms. The van der Waals surface area contributed by atoms with Crippen molar-refractivity contribution in [3.63, 3.8) is 0 Å². The van der Waals surface area contributed by atoms with Crippen molar-refractivity contribution in [1.82, 2.24) is 0 Å². The van der Waals surface area contributed by atoms with E-state index >= 15 is 0 Å². The summed E-state index contributed by atoms with van der Waals surface area (Å²) in [6.45, 7) is 0.610. The van der Waals surface area contributed by atoms with Crippen LogP contribution in [0.15, 0.2) is 17.5 Å². The van der Waals surface area contributed by atoms with E-state index < -0.39 is 11.8 Å². The highest BCUT2D eigenvalue weighted by Crippen LogP contribution is 2.35. The van der Waals surface area contributed by atoms with Gasteiger partial charge < -0.3 is 22.5 Å². The second-order valence-corrected chi connectivity index (χ2v) is 6.09. The number of primary amides is 2. The van der Waals surface area contributed by atoms with Gasteiger partial charge >= 0.3 is 0 Å². The molecular weight excluding hydrogens is 296 g/mol. The monoisotopic (exact) mass is 310 g/mol. The minimum absolute atomic E-state index is 0.0497. The van der Waals surface area contributed by atoms with Crippen LogP contribution in [0.4, 0.5) is 10.7 Å². The molecule has 7 N–H and O–H groups in total. The van der Waals surface area contributed by atoms with Gasteiger partial charge in [0.15, 0.2) is 0 Å². The molecule has 106 valence electrons. The molecule has 6 nitrogen and oxygen atoms in total. The summed E-state index contributed by atoms with van der Waals surface area (Å²) >= 11 is 2.71. The van der Waals surface area contributed by atoms with Crippen LogP contribution in [0.1, 0.15) is 24.9 Å². The Hall–Kier alpha value is -2.06. The molecule has 0 atom stereocenters. The molecule has 2 heterocycles. The lowest BCUT2D eigenvalue weighted by Gasteiger charge is -2.04. The lowest BCUT2D eigenvalue weighted by Crippen LogP contribution is -2.16. The highest BCUT2D eigenvalue weighted by atomic mass is 32.1. The molecule has 20 heavy (non-hydrogen) atoms. The summed E-state index contributed by atoms with van der Waals surface area (Å²) in [5, 5.41) is 5.57. The van der Waals surface area contributed by atoms with Crippen LogP contribution < -0.4 is 22.5 Å². The molecule has 0 saturated carbocycles. The molecule has 0 bridgehead atoms. The zero-order valence-electron chi connectivity index (χ0n) is 10.5. The summed E-state index contributed by atoms with van der Waals surface area (Å²) in [6.07, 6.45) is 0.805. The zero-order chi connectivity index (χ0) is 14.7. The molecular formula is C12H14N4O2S2. The number of anilines is 2. The fourth-order valence-corrected chi connectivity index (χ4v) is 3.46. The fourth-order valence-electron chi connectivity index (χ4n) is 1.75. The molecule has 0 saturated heterocycles. The predicted octanol–water partition coefficient (Wildman–Crippen LogP) is 1.24. The lowest BCUT2D eigenvalue weighted by molar-refractivity contribution is 0.0999. The third kappa shape index (κ3) is 2.91. The molecule has 2 amide bonds. The van der Waals surface area contributed by atoms with Gasteiger partial charge in [0.25, 0.3) is 11.8 Å². The first-order chi connectivity index (χ1) is 9.50. The van der Waals surface area contributed by atoms with E-state index in [2.05, 4.69) is 5.32 Å². The van der Waals surface area contributed by atoms with Crippen LogP contribution >= 0.6 is 22.7 Å². The minimum Gasteiger partial charge on any atom is -0.397 e. The molecule has 0 aliphatic rings. The van der Waals surface area contributed by atoms with E-state index in [0.717, 1.165) is 17.8 Å². The van der Waals surface area contributed by atoms with Crippen LogP contribution in [-0.4, -0.2) is 18.4 Å². The first-order valence-electron chi connectivity index (χ1n) is 5.78. The molecule has 0 radical (unpaired) electrons. The van der Waals surface area contributed by atoms with Crippen LogP contribution in [-0.2, 0) is 6.42 Å². The Bertz CT molecular complexity index is 634. The predicted molar refractivity (Wildman–Crippen MR) is 82.3 cm³/mol. The number of rotatable bonds is 6. The first kappa shape index (κ1) is 14.4. The van der Waals surface area contributed by atoms with E-state index in [1.165, 1.54) is 4.88 Å². The summed E-state index contributed by atoms with van der Waals surface area (Å²) < 4.78 is 0. The van der Waals surface area contributed by atoms with Gasteiger partial charge in [-0.25, -0.2) is 0 Å². The Morgan fingerprint density at radius 1 is 1.25 bits per heavy atom. The average molecular weight is 310 g/mol. The Morgan fingerprint density at radius 3 is 2.55 bits per heavy atom. The van der Waals surface area contributed by atoms with Gasteiger partial charge in [-0.3, -0.25) is 9.59 Å². The van der Waals surface area contributed by atoms with Crippen molar-refractivity contribution < 1.29 is 9.59 Å². The number of carbonyl (C=O) groups is 2. The van der Waals surface area contributed by atoms with Crippen LogP contribution in [0.3, 0.4) is 0 Å². The smallest absolute Gasteiger partial charge is 0.260 e. The lowest BCUT2D eigenvalue weighted by atomic mass is 10.2. The largest absolute Gasteiger partial charge is 0.397 e. The Kier molecular flexibility index (Phi) is 4.26. The summed E-state index contributed by atoms with van der Waals surface area (Å²) in [5.41, 5.74) is 16.4. The fraction of sp³-hybridized carbons (Fsp3) is 0.167. The van der Waals surface area contributed by atoms with Crippen molar-refractivity contribution in [1.29, 1.82) is 0 Å². The van der Waals surface area contributed by atoms with Crippen molar-refractivity contribution >= 4 is 45.2 Å². The van der Waals surface area contributed by atoms with E-state index in [1.54, 1.807) is 11.3 Å². The molecule has 0 aliphatic heterocycles. The molecule has 0 aromatic carbocycles. The number of hydrogen-bond acceptors (Lipinski definition) is 6. The average Bonchev–Trinajstić information content (AvgIpc) is 2.97. The first-order valence-corrected chi connectivity index (χ1v) is 7.48. The van der Waals surface area contributed by atoms with Crippen LogP contribution in [0, 0.1) is 0 Å². The quantitative estimate of drug-likeness (QED) is 0.640. The molecule has 0 spiro atoms. The number of nitrogen functional groups attached to an aromatic ring is 1. The third-order valence-corrected chi connectivity index (χ3v) is 4.77. The maximum atomic E-state index is 11.4. The Balaban J connectivity index is 2.16. The Labute approximate surface area is 123 Å². The summed E-state index contributed by atoms with van der Waals surface area (Å²) in [5.74, 6) is -1.34. The normalized spacial score (nSPS) is 10.4. The van der Waals surface area contributed by atoms with E-state index in [1.807, 2.05) is 17.5 Å². The van der Waals surface area contributed by atoms with Crippen molar-refractivity contribution in [3.05, 3.63) is 32.8 Å². The van der Waals surface area contributed by atoms with Crippen LogP contribution in [0.5, 0.6) is 0 Å². The standard InChI is InChI=1S/C12H14N4O2S2/c13-8-7(10(14)17)12(20-9(8)11(15)18)16-4-3-6-2-1-5-19-6/h1-2,5,16H,3-4,13H2,(H2,14,17)(H2,15,18). The van der Waals surface area contributed by atoms with Gasteiger partial charge in [0.05, 0.1) is 11.3 Å². The topological polar surface area (TPSA) is 124 Å². The van der Waals surface area contributed by atoms with Crippen molar-refractivity contribution in [2.24, 2.45) is 11.5 Å². The van der Waals surface area contributed by atoms with Gasteiger partial charge in [0.1, 0.15) is 9.88 Å². The zero-order valence-corrected chi connectivity index (χ0v) is 12.1. The maximum Gasteiger partial charge on any atom is 0.260 e. The molecule has 2 aromatic heterocycles. The maximum absolute atomic E-state index is 11.4. The van der Waals surface area contributed by atoms with Gasteiger partial charge in [-0.05, 0) is 17.9 Å². The minimum atomic E-state index is -0.676. The van der Waals surface area contributed by atoms with Crippen molar-refractivity contribution in [2.45, 2.75) is 6.42 Å². The van der Waals surface area contributed by atoms with Crippen LogP contribution in [0.25, 0.3) is 0 Å². The van der Waals surface area contributed by atoms with E-state index in [0.29, 0.717) is 11.5 Å². The van der Waals surface area contributed by atoms with Gasteiger partial charge in [-0.2, -0.15) is 0 Å². The van der Waals surface area contributed by atoms with Crippen LogP contribution in [0.2, 0.25) is 0 Å². The summed E-state index contributed by atoms with van der Waals surface area (Å²) in [7, 11) is 0. The summed E-state index contributed by atoms with van der Waals surface area (Å²) in [6, 6.07) is 4.00. The van der Waals surface area contributed by atoms with Crippen molar-refractivity contribution in [3.8, 4) is 0 Å². The van der Waals surface area contributed by atoms with E-state index in [-0.39, 0.29) is 16.1 Å². The molecule has 0 unspecified atom stereocenters. The number of thiophene rings is 2. The second-order valence-electron chi connectivity index (χ2n) is 4.03. The molecule has 2 rings (SSSR count). The molecule has 2 aromatic rings. The molecule has 0 aliphatic carbocycles. The number of amides is 2. The van der Waals surface area contributed by atoms with Gasteiger partial charge in [0, 0.05) is 11.4 Å². The highest BCUT2D eigenvalue weighted by molar-refractivity contribution is 7.19. The number of carbonyl (C=O) groups excluding carboxylic acids is 2. The van der Waals surface area contributed by atoms with Gasteiger partial charge in [0.2, 0.25) is 0 Å². The molecule has 0 fully saturated rings. The Morgan fingerprint density at radius 2 is 2.00 bits per heavy atom. The number of hydrogen-bond donors (Lipinski definition) is 4. The second kappa shape index (κ2) is 5.93.